The molecule has 2 atom stereocenters. The molecule has 0 unspecified atom stereocenters. The SMILES string of the molecule is CSc1cccc([C@@H]2CC(=NO)C[C@@H](c3cccc(SC)c3)N2O)c1. The van der Waals surface area contributed by atoms with Gasteiger partial charge in [0.25, 0.3) is 0 Å². The van der Waals surface area contributed by atoms with Gasteiger partial charge in [-0.05, 0) is 47.9 Å². The second-order valence-corrected chi connectivity index (χ2v) is 7.80. The second-order valence-electron chi connectivity index (χ2n) is 6.04. The van der Waals surface area contributed by atoms with Crippen molar-refractivity contribution in [2.24, 2.45) is 5.16 Å². The molecule has 2 aromatic carbocycles. The highest BCUT2D eigenvalue weighted by molar-refractivity contribution is 7.98. The quantitative estimate of drug-likeness (QED) is 0.436. The zero-order valence-electron chi connectivity index (χ0n) is 14.3. The van der Waals surface area contributed by atoms with E-state index < -0.39 is 0 Å². The highest BCUT2D eigenvalue weighted by Crippen LogP contribution is 2.40. The summed E-state index contributed by atoms with van der Waals surface area (Å²) in [6.45, 7) is 0. The fraction of sp³-hybridized carbons (Fsp3) is 0.316. The van der Waals surface area contributed by atoms with Crippen molar-refractivity contribution in [3.63, 3.8) is 0 Å². The van der Waals surface area contributed by atoms with Crippen LogP contribution in [0.3, 0.4) is 0 Å². The van der Waals surface area contributed by atoms with Gasteiger partial charge in [0.2, 0.25) is 0 Å². The van der Waals surface area contributed by atoms with Gasteiger partial charge < -0.3 is 10.4 Å². The number of benzene rings is 2. The number of oxime groups is 1. The van der Waals surface area contributed by atoms with Gasteiger partial charge in [0.15, 0.2) is 0 Å². The maximum Gasteiger partial charge on any atom is 0.0660 e. The Morgan fingerprint density at radius 2 is 1.40 bits per heavy atom. The number of hydrogen-bond acceptors (Lipinski definition) is 6. The Bertz CT molecular complexity index is 707. The number of hydroxylamine groups is 2. The van der Waals surface area contributed by atoms with E-state index in [0.29, 0.717) is 18.6 Å². The van der Waals surface area contributed by atoms with Crippen LogP contribution in [-0.4, -0.2) is 33.7 Å². The predicted octanol–water partition coefficient (Wildman–Crippen LogP) is 5.23. The largest absolute Gasteiger partial charge is 0.411 e. The van der Waals surface area contributed by atoms with Crippen molar-refractivity contribution in [1.82, 2.24) is 5.06 Å². The minimum Gasteiger partial charge on any atom is -0.411 e. The summed E-state index contributed by atoms with van der Waals surface area (Å²) in [4.78, 5) is 2.31. The summed E-state index contributed by atoms with van der Waals surface area (Å²) in [5, 5.41) is 25.3. The Hall–Kier alpha value is -1.47. The summed E-state index contributed by atoms with van der Waals surface area (Å²) < 4.78 is 0. The van der Waals surface area contributed by atoms with Crippen molar-refractivity contribution >= 4 is 29.2 Å². The third kappa shape index (κ3) is 4.03. The molecule has 6 heteroatoms. The molecule has 1 fully saturated rings. The fourth-order valence-corrected chi connectivity index (χ4v) is 4.19. The molecule has 2 aromatic rings. The molecule has 1 aliphatic rings. The lowest BCUT2D eigenvalue weighted by Crippen LogP contribution is -2.37. The Morgan fingerprint density at radius 3 is 1.80 bits per heavy atom. The number of rotatable bonds is 4. The van der Waals surface area contributed by atoms with Gasteiger partial charge in [-0.2, -0.15) is 5.06 Å². The molecule has 3 rings (SSSR count). The number of piperidine rings is 1. The second kappa shape index (κ2) is 8.27. The first-order valence-electron chi connectivity index (χ1n) is 8.11. The van der Waals surface area contributed by atoms with Gasteiger partial charge in [-0.15, -0.1) is 23.5 Å². The van der Waals surface area contributed by atoms with Gasteiger partial charge in [0.05, 0.1) is 17.8 Å². The van der Waals surface area contributed by atoms with Gasteiger partial charge >= 0.3 is 0 Å². The molecule has 0 saturated carbocycles. The first-order chi connectivity index (χ1) is 12.2. The molecule has 1 saturated heterocycles. The maximum atomic E-state index is 11.0. The van der Waals surface area contributed by atoms with Crippen LogP contribution in [0.4, 0.5) is 0 Å². The van der Waals surface area contributed by atoms with Crippen molar-refractivity contribution in [3.8, 4) is 0 Å². The van der Waals surface area contributed by atoms with Crippen LogP contribution < -0.4 is 0 Å². The van der Waals surface area contributed by atoms with Crippen molar-refractivity contribution < 1.29 is 10.4 Å². The van der Waals surface area contributed by atoms with Gasteiger partial charge in [-0.1, -0.05) is 29.4 Å². The Kier molecular flexibility index (Phi) is 6.06. The monoisotopic (exact) mass is 374 g/mol. The normalized spacial score (nSPS) is 21.3. The van der Waals surface area contributed by atoms with Crippen LogP contribution >= 0.6 is 23.5 Å². The van der Waals surface area contributed by atoms with Crippen molar-refractivity contribution in [1.29, 1.82) is 0 Å². The van der Waals surface area contributed by atoms with E-state index in [1.54, 1.807) is 23.5 Å². The Morgan fingerprint density at radius 1 is 0.920 bits per heavy atom. The van der Waals surface area contributed by atoms with E-state index in [2.05, 4.69) is 29.4 Å². The zero-order chi connectivity index (χ0) is 17.8. The topological polar surface area (TPSA) is 56.1 Å². The van der Waals surface area contributed by atoms with E-state index in [1.165, 1.54) is 5.06 Å². The standard InChI is InChI=1S/C19H22N2O2S2/c1-24-16-7-3-5-13(9-16)18-11-15(20-22)12-19(21(18)23)14-6-4-8-17(10-14)25-2/h3-10,18-19,22-23H,11-12H2,1-2H3/t18-,19-/m0/s1. The van der Waals surface area contributed by atoms with Crippen molar-refractivity contribution in [2.75, 3.05) is 12.5 Å². The molecule has 25 heavy (non-hydrogen) atoms. The summed E-state index contributed by atoms with van der Waals surface area (Å²) in [7, 11) is 0. The molecular weight excluding hydrogens is 352 g/mol. The third-order valence-electron chi connectivity index (χ3n) is 4.60. The highest BCUT2D eigenvalue weighted by Gasteiger charge is 2.35. The molecule has 1 heterocycles. The van der Waals surface area contributed by atoms with Gasteiger partial charge in [-0.25, -0.2) is 0 Å². The molecule has 0 amide bonds. The number of thioether (sulfide) groups is 2. The van der Waals surface area contributed by atoms with E-state index >= 15 is 0 Å². The van der Waals surface area contributed by atoms with Crippen LogP contribution in [0, 0.1) is 0 Å². The average molecular weight is 375 g/mol. The predicted molar refractivity (Wildman–Crippen MR) is 104 cm³/mol. The smallest absolute Gasteiger partial charge is 0.0660 e. The molecule has 0 radical (unpaired) electrons. The first kappa shape index (κ1) is 18.3. The molecule has 2 N–H and O–H groups in total. The van der Waals surface area contributed by atoms with Crippen LogP contribution in [-0.2, 0) is 0 Å². The lowest BCUT2D eigenvalue weighted by atomic mass is 9.88. The molecule has 0 aromatic heterocycles. The van der Waals surface area contributed by atoms with Crippen molar-refractivity contribution in [2.45, 2.75) is 34.7 Å². The summed E-state index contributed by atoms with van der Waals surface area (Å²) in [5.74, 6) is 0. The number of nitrogens with zero attached hydrogens (tertiary/aromatic N) is 2. The van der Waals surface area contributed by atoms with E-state index in [1.807, 2.05) is 36.8 Å². The van der Waals surface area contributed by atoms with Gasteiger partial charge in [0, 0.05) is 22.6 Å². The molecule has 4 nitrogen and oxygen atoms in total. The zero-order valence-corrected chi connectivity index (χ0v) is 15.9. The minimum absolute atomic E-state index is 0.227. The molecule has 0 bridgehead atoms. The first-order valence-corrected chi connectivity index (χ1v) is 10.6. The lowest BCUT2D eigenvalue weighted by Gasteiger charge is -2.38. The maximum absolute atomic E-state index is 11.0. The minimum atomic E-state index is -0.227. The summed E-state index contributed by atoms with van der Waals surface area (Å²) in [5.41, 5.74) is 2.77. The van der Waals surface area contributed by atoms with Crippen LogP contribution in [0.1, 0.15) is 36.1 Å². The average Bonchev–Trinajstić information content (AvgIpc) is 2.68. The molecule has 132 valence electrons. The van der Waals surface area contributed by atoms with E-state index in [-0.39, 0.29) is 12.1 Å². The van der Waals surface area contributed by atoms with Crippen LogP contribution in [0.5, 0.6) is 0 Å². The van der Waals surface area contributed by atoms with Crippen molar-refractivity contribution in [3.05, 3.63) is 59.7 Å². The third-order valence-corrected chi connectivity index (χ3v) is 6.05. The summed E-state index contributed by atoms with van der Waals surface area (Å²) >= 11 is 3.35. The van der Waals surface area contributed by atoms with E-state index in [0.717, 1.165) is 20.9 Å². The Labute approximate surface area is 156 Å². The molecular formula is C19H22N2O2S2. The lowest BCUT2D eigenvalue weighted by molar-refractivity contribution is -0.167. The van der Waals surface area contributed by atoms with E-state index in [9.17, 15) is 10.4 Å². The van der Waals surface area contributed by atoms with Crippen LogP contribution in [0.15, 0.2) is 63.5 Å². The van der Waals surface area contributed by atoms with Crippen LogP contribution in [0.2, 0.25) is 0 Å². The number of hydrogen-bond donors (Lipinski definition) is 2. The Balaban J connectivity index is 1.96. The molecule has 1 aliphatic heterocycles. The molecule has 0 spiro atoms. The molecule has 0 aliphatic carbocycles. The van der Waals surface area contributed by atoms with E-state index in [4.69, 9.17) is 0 Å². The summed E-state index contributed by atoms with van der Waals surface area (Å²) in [6.07, 6.45) is 5.11. The van der Waals surface area contributed by atoms with Gasteiger partial charge in [0.1, 0.15) is 0 Å². The fourth-order valence-electron chi connectivity index (χ4n) is 3.25. The highest BCUT2D eigenvalue weighted by atomic mass is 32.2. The van der Waals surface area contributed by atoms with Crippen LogP contribution in [0.25, 0.3) is 0 Å². The van der Waals surface area contributed by atoms with Gasteiger partial charge in [-0.3, -0.25) is 0 Å². The summed E-state index contributed by atoms with van der Waals surface area (Å²) in [6, 6.07) is 15.9.